The largest absolute Gasteiger partial charge is 0.330 e. The molecule has 0 rings (SSSR count). The fraction of sp³-hybridized carbons (Fsp3) is 0.600. The van der Waals surface area contributed by atoms with Crippen molar-refractivity contribution in [1.29, 1.82) is 0 Å². The highest BCUT2D eigenvalue weighted by Crippen LogP contribution is 2.09. The molecule has 0 saturated carbocycles. The van der Waals surface area contributed by atoms with Crippen LogP contribution in [0.15, 0.2) is 20.0 Å². The van der Waals surface area contributed by atoms with Crippen LogP contribution in [-0.2, 0) is 23.9 Å². The second-order valence-corrected chi connectivity index (χ2v) is 3.01. The Kier molecular flexibility index (Phi) is 10.4. The van der Waals surface area contributed by atoms with Gasteiger partial charge in [-0.15, -0.1) is 0 Å². The average Bonchev–Trinajstić information content (AvgIpc) is 2.39. The molecule has 19 heavy (non-hydrogen) atoms. The van der Waals surface area contributed by atoms with Gasteiger partial charge in [0.1, 0.15) is 0 Å². The van der Waals surface area contributed by atoms with E-state index in [-0.39, 0.29) is 25.9 Å². The topological polar surface area (TPSA) is 127 Å². The van der Waals surface area contributed by atoms with Crippen molar-refractivity contribution in [2.24, 2.45) is 20.0 Å². The molecule has 0 N–H and O–H groups in total. The summed E-state index contributed by atoms with van der Waals surface area (Å²) in [5.41, 5.74) is 0. The number of aliphatic imine (C=N–C) groups is 4. The molecule has 9 nitrogen and oxygen atoms in total. The fourth-order valence-electron chi connectivity index (χ4n) is 1.07. The van der Waals surface area contributed by atoms with E-state index in [4.69, 9.17) is 4.74 Å². The Labute approximate surface area is 107 Å². The van der Waals surface area contributed by atoms with Crippen LogP contribution in [0.25, 0.3) is 0 Å². The van der Waals surface area contributed by atoms with Crippen molar-refractivity contribution >= 4 is 24.3 Å². The molecule has 0 radical (unpaired) electrons. The van der Waals surface area contributed by atoms with Crippen molar-refractivity contribution in [3.8, 4) is 0 Å². The van der Waals surface area contributed by atoms with Crippen molar-refractivity contribution in [2.45, 2.75) is 25.3 Å². The summed E-state index contributed by atoms with van der Waals surface area (Å²) < 4.78 is 5.19. The molecular formula is C10H10N4O5. The van der Waals surface area contributed by atoms with E-state index in [9.17, 15) is 19.2 Å². The molecule has 2 unspecified atom stereocenters. The zero-order chi connectivity index (χ0) is 14.3. The van der Waals surface area contributed by atoms with Crippen LogP contribution in [0, 0.1) is 0 Å². The molecule has 0 aromatic carbocycles. The molecular weight excluding hydrogens is 256 g/mol. The van der Waals surface area contributed by atoms with E-state index in [2.05, 4.69) is 20.0 Å². The third kappa shape index (κ3) is 9.21. The van der Waals surface area contributed by atoms with Crippen molar-refractivity contribution in [2.75, 3.05) is 13.1 Å². The van der Waals surface area contributed by atoms with Crippen LogP contribution in [-0.4, -0.2) is 49.9 Å². The van der Waals surface area contributed by atoms with E-state index in [0.29, 0.717) is 0 Å². The van der Waals surface area contributed by atoms with Gasteiger partial charge < -0.3 is 4.74 Å². The van der Waals surface area contributed by atoms with E-state index >= 15 is 0 Å². The normalized spacial score (nSPS) is 11.8. The number of isocyanates is 4. The molecule has 0 amide bonds. The SMILES string of the molecule is O=C=NCCC(N=C=O)OC(CCN=C=O)N=C=O. The Balaban J connectivity index is 4.53. The number of rotatable bonds is 10. The summed E-state index contributed by atoms with van der Waals surface area (Å²) in [5.74, 6) is 0. The third-order valence-electron chi connectivity index (χ3n) is 1.81. The van der Waals surface area contributed by atoms with Crippen LogP contribution in [0.2, 0.25) is 0 Å². The molecule has 0 aliphatic heterocycles. The van der Waals surface area contributed by atoms with E-state index in [0.717, 1.165) is 0 Å². The maximum Gasteiger partial charge on any atom is 0.237 e. The van der Waals surface area contributed by atoms with Gasteiger partial charge in [0, 0.05) is 12.8 Å². The quantitative estimate of drug-likeness (QED) is 0.399. The highest BCUT2D eigenvalue weighted by atomic mass is 16.5. The summed E-state index contributed by atoms with van der Waals surface area (Å²) in [6, 6.07) is 0. The van der Waals surface area contributed by atoms with Gasteiger partial charge in [0.2, 0.25) is 24.3 Å². The minimum Gasteiger partial charge on any atom is -0.330 e. The summed E-state index contributed by atoms with van der Waals surface area (Å²) in [7, 11) is 0. The Morgan fingerprint density at radius 2 is 1.16 bits per heavy atom. The van der Waals surface area contributed by atoms with Crippen molar-refractivity contribution in [3.63, 3.8) is 0 Å². The first-order chi connectivity index (χ1) is 9.28. The first-order valence-electron chi connectivity index (χ1n) is 5.15. The summed E-state index contributed by atoms with van der Waals surface area (Å²) in [6.45, 7) is 0.0900. The molecule has 0 heterocycles. The van der Waals surface area contributed by atoms with Crippen LogP contribution in [0.1, 0.15) is 12.8 Å². The van der Waals surface area contributed by atoms with Crippen molar-refractivity contribution in [3.05, 3.63) is 0 Å². The van der Waals surface area contributed by atoms with Crippen LogP contribution in [0.5, 0.6) is 0 Å². The first kappa shape index (κ1) is 16.5. The molecule has 0 fully saturated rings. The van der Waals surface area contributed by atoms with Gasteiger partial charge in [-0.1, -0.05) is 0 Å². The van der Waals surface area contributed by atoms with Gasteiger partial charge >= 0.3 is 0 Å². The third-order valence-corrected chi connectivity index (χ3v) is 1.81. The highest BCUT2D eigenvalue weighted by molar-refractivity contribution is 5.34. The number of carbonyl (C=O) groups excluding carboxylic acids is 4. The van der Waals surface area contributed by atoms with E-state index < -0.39 is 12.5 Å². The highest BCUT2D eigenvalue weighted by Gasteiger charge is 2.15. The minimum atomic E-state index is -0.961. The minimum absolute atomic E-state index is 0.0450. The zero-order valence-electron chi connectivity index (χ0n) is 9.81. The molecule has 100 valence electrons. The van der Waals surface area contributed by atoms with Gasteiger partial charge in [0.25, 0.3) is 0 Å². The Morgan fingerprint density at radius 3 is 1.47 bits per heavy atom. The molecule has 9 heteroatoms. The van der Waals surface area contributed by atoms with Crippen LogP contribution < -0.4 is 0 Å². The average molecular weight is 266 g/mol. The maximum absolute atomic E-state index is 10.2. The van der Waals surface area contributed by atoms with Gasteiger partial charge in [-0.3, -0.25) is 0 Å². The second-order valence-electron chi connectivity index (χ2n) is 3.01. The molecule has 0 aromatic rings. The smallest absolute Gasteiger partial charge is 0.237 e. The second kappa shape index (κ2) is 12.0. The van der Waals surface area contributed by atoms with Crippen molar-refractivity contribution in [1.82, 2.24) is 0 Å². The van der Waals surface area contributed by atoms with Crippen molar-refractivity contribution < 1.29 is 23.9 Å². The summed E-state index contributed by atoms with van der Waals surface area (Å²) in [4.78, 5) is 53.3. The lowest BCUT2D eigenvalue weighted by Crippen LogP contribution is -2.21. The molecule has 0 bridgehead atoms. The zero-order valence-corrected chi connectivity index (χ0v) is 9.81. The lowest BCUT2D eigenvalue weighted by molar-refractivity contribution is -0.00757. The van der Waals surface area contributed by atoms with Crippen LogP contribution in [0.4, 0.5) is 0 Å². The van der Waals surface area contributed by atoms with Gasteiger partial charge in [-0.25, -0.2) is 29.2 Å². The van der Waals surface area contributed by atoms with E-state index in [1.807, 2.05) is 0 Å². The van der Waals surface area contributed by atoms with Gasteiger partial charge in [0.15, 0.2) is 12.5 Å². The Bertz CT molecular complexity index is 413. The molecule has 2 atom stereocenters. The van der Waals surface area contributed by atoms with Gasteiger partial charge in [-0.05, 0) is 0 Å². The summed E-state index contributed by atoms with van der Waals surface area (Å²) >= 11 is 0. The maximum atomic E-state index is 10.2. The molecule has 0 aromatic heterocycles. The number of hydrogen-bond donors (Lipinski definition) is 0. The number of nitrogens with zero attached hydrogens (tertiary/aromatic N) is 4. The summed E-state index contributed by atoms with van der Waals surface area (Å²) in [5, 5.41) is 0. The molecule has 0 spiro atoms. The standard InChI is InChI=1S/C10H10N4O5/c15-5-11-3-1-9(13-7-17)19-10(14-8-18)2-4-12-6-16/h9-10H,1-4H2. The molecule has 0 aliphatic carbocycles. The predicted octanol–water partition coefficient (Wildman–Crippen LogP) is -0.221. The van der Waals surface area contributed by atoms with Crippen LogP contribution in [0.3, 0.4) is 0 Å². The monoisotopic (exact) mass is 266 g/mol. The Morgan fingerprint density at radius 1 is 0.737 bits per heavy atom. The Hall–Kier alpha value is -2.52. The van der Waals surface area contributed by atoms with Crippen LogP contribution >= 0.6 is 0 Å². The first-order valence-corrected chi connectivity index (χ1v) is 5.15. The lowest BCUT2D eigenvalue weighted by Gasteiger charge is -2.15. The number of ether oxygens (including phenoxy) is 1. The van der Waals surface area contributed by atoms with E-state index in [1.54, 1.807) is 0 Å². The molecule has 0 aliphatic rings. The lowest BCUT2D eigenvalue weighted by atomic mass is 10.3. The van der Waals surface area contributed by atoms with E-state index in [1.165, 1.54) is 24.3 Å². The fourth-order valence-corrected chi connectivity index (χ4v) is 1.07. The predicted molar refractivity (Wildman–Crippen MR) is 60.1 cm³/mol. The van der Waals surface area contributed by atoms with Gasteiger partial charge in [-0.2, -0.15) is 9.98 Å². The summed E-state index contributed by atoms with van der Waals surface area (Å²) in [6.07, 6.45) is 3.54. The number of hydrogen-bond acceptors (Lipinski definition) is 9. The van der Waals surface area contributed by atoms with Gasteiger partial charge in [0.05, 0.1) is 13.1 Å². The molecule has 0 saturated heterocycles.